The summed E-state index contributed by atoms with van der Waals surface area (Å²) in [6.45, 7) is 8.96. The highest BCUT2D eigenvalue weighted by Gasteiger charge is 2.44. The smallest absolute Gasteiger partial charge is 0.419 e. The molecule has 0 aliphatic rings. The van der Waals surface area contributed by atoms with Crippen LogP contribution in [0.5, 0.6) is 5.75 Å². The second-order valence-corrected chi connectivity index (χ2v) is 8.57. The molecule has 1 N–H and O–H groups in total. The number of methoxy groups -OCH3 is 1. The third-order valence-corrected chi connectivity index (χ3v) is 5.02. The van der Waals surface area contributed by atoms with Gasteiger partial charge in [0.05, 0.1) is 19.2 Å². The fraction of sp³-hybridized carbons (Fsp3) is 0.360. The molecule has 0 unspecified atom stereocenters. The number of carbonyl (C=O) groups is 2. The molecule has 2 aromatic carbocycles. The summed E-state index contributed by atoms with van der Waals surface area (Å²) >= 11 is 0. The first-order valence-corrected chi connectivity index (χ1v) is 10.4. The predicted molar refractivity (Wildman–Crippen MR) is 121 cm³/mol. The van der Waals surface area contributed by atoms with Gasteiger partial charge in [0.15, 0.2) is 0 Å². The van der Waals surface area contributed by atoms with Crippen molar-refractivity contribution in [2.45, 2.75) is 45.8 Å². The Balaban J connectivity index is 2.29. The Morgan fingerprint density at radius 3 is 2.28 bits per heavy atom. The Hall–Kier alpha value is -3.32. The van der Waals surface area contributed by atoms with Gasteiger partial charge in [-0.05, 0) is 63.9 Å². The molecule has 1 atom stereocenters. The van der Waals surface area contributed by atoms with Crippen LogP contribution >= 0.6 is 0 Å². The maximum atomic E-state index is 13.1. The lowest BCUT2D eigenvalue weighted by Gasteiger charge is -2.26. The van der Waals surface area contributed by atoms with Crippen molar-refractivity contribution in [2.24, 2.45) is 0 Å². The maximum absolute atomic E-state index is 13.1. The van der Waals surface area contributed by atoms with Crippen LogP contribution in [0.3, 0.4) is 0 Å². The molecule has 0 saturated heterocycles. The minimum atomic E-state index is -2.15. The van der Waals surface area contributed by atoms with Gasteiger partial charge in [0.25, 0.3) is 0 Å². The van der Waals surface area contributed by atoms with Crippen molar-refractivity contribution < 1.29 is 28.9 Å². The van der Waals surface area contributed by atoms with Gasteiger partial charge in [0, 0.05) is 17.1 Å². The Labute approximate surface area is 187 Å². The van der Waals surface area contributed by atoms with E-state index in [0.29, 0.717) is 22.2 Å². The van der Waals surface area contributed by atoms with Crippen molar-refractivity contribution >= 4 is 23.0 Å². The van der Waals surface area contributed by atoms with Crippen LogP contribution in [0, 0.1) is 6.92 Å². The zero-order valence-electron chi connectivity index (χ0n) is 19.3. The third kappa shape index (κ3) is 4.34. The fourth-order valence-corrected chi connectivity index (χ4v) is 3.54. The lowest BCUT2D eigenvalue weighted by atomic mass is 9.86. The molecule has 3 rings (SSSR count). The van der Waals surface area contributed by atoms with Crippen LogP contribution in [0.25, 0.3) is 10.9 Å². The van der Waals surface area contributed by atoms with Gasteiger partial charge < -0.3 is 19.3 Å². The number of fused-ring (bicyclic) bond motifs is 1. The molecule has 3 aromatic rings. The molecule has 0 saturated carbocycles. The maximum Gasteiger partial charge on any atom is 0.419 e. The number of carbonyl (C=O) groups excluding carboxylic acids is 2. The minimum Gasteiger partial charge on any atom is -0.497 e. The highest BCUT2D eigenvalue weighted by atomic mass is 16.6. The molecule has 0 aliphatic carbocycles. The number of hydrogen-bond donors (Lipinski definition) is 1. The fourth-order valence-electron chi connectivity index (χ4n) is 3.54. The number of rotatable bonds is 5. The van der Waals surface area contributed by atoms with Gasteiger partial charge in [-0.25, -0.2) is 9.59 Å². The molecule has 0 bridgehead atoms. The summed E-state index contributed by atoms with van der Waals surface area (Å²) in [7, 11) is 1.53. The van der Waals surface area contributed by atoms with Gasteiger partial charge in [0.2, 0.25) is 5.60 Å². The van der Waals surface area contributed by atoms with Gasteiger partial charge in [-0.1, -0.05) is 24.3 Å². The number of hydrogen-bond acceptors (Lipinski definition) is 6. The Kier molecular flexibility index (Phi) is 6.32. The summed E-state index contributed by atoms with van der Waals surface area (Å²) in [5.41, 5.74) is -0.919. The topological polar surface area (TPSA) is 87.0 Å². The van der Waals surface area contributed by atoms with Gasteiger partial charge in [-0.2, -0.15) is 0 Å². The molecular formula is C25H29NO6. The van der Waals surface area contributed by atoms with E-state index in [-0.39, 0.29) is 12.2 Å². The second-order valence-electron chi connectivity index (χ2n) is 8.57. The monoisotopic (exact) mass is 439 g/mol. The largest absolute Gasteiger partial charge is 0.497 e. The number of aryl methyl sites for hydroxylation is 1. The van der Waals surface area contributed by atoms with Crippen LogP contribution in [0.4, 0.5) is 4.79 Å². The van der Waals surface area contributed by atoms with Gasteiger partial charge in [-0.3, -0.25) is 4.57 Å². The third-order valence-electron chi connectivity index (χ3n) is 5.02. The number of esters is 1. The van der Waals surface area contributed by atoms with E-state index in [2.05, 4.69) is 0 Å². The molecular weight excluding hydrogens is 410 g/mol. The molecule has 0 radical (unpaired) electrons. The minimum absolute atomic E-state index is 0.0844. The summed E-state index contributed by atoms with van der Waals surface area (Å²) in [4.78, 5) is 26.1. The Morgan fingerprint density at radius 2 is 1.72 bits per heavy atom. The van der Waals surface area contributed by atoms with Crippen LogP contribution < -0.4 is 4.74 Å². The number of nitrogens with zero attached hydrogens (tertiary/aromatic N) is 1. The summed E-state index contributed by atoms with van der Waals surface area (Å²) < 4.78 is 17.3. The van der Waals surface area contributed by atoms with E-state index in [9.17, 15) is 14.7 Å². The van der Waals surface area contributed by atoms with E-state index >= 15 is 0 Å². The van der Waals surface area contributed by atoms with Gasteiger partial charge in [-0.15, -0.1) is 0 Å². The zero-order chi connectivity index (χ0) is 23.7. The quantitative estimate of drug-likeness (QED) is 0.588. The molecule has 1 heterocycles. The first-order chi connectivity index (χ1) is 15.0. The first-order valence-electron chi connectivity index (χ1n) is 10.4. The molecule has 0 spiro atoms. The van der Waals surface area contributed by atoms with Crippen LogP contribution in [-0.4, -0.2) is 41.1 Å². The first kappa shape index (κ1) is 23.3. The molecule has 0 aliphatic heterocycles. The van der Waals surface area contributed by atoms with E-state index in [1.807, 2.05) is 19.1 Å². The molecule has 0 fully saturated rings. The summed E-state index contributed by atoms with van der Waals surface area (Å²) in [5, 5.41) is 12.4. The number of aromatic nitrogens is 1. The van der Waals surface area contributed by atoms with Gasteiger partial charge >= 0.3 is 12.1 Å². The lowest BCUT2D eigenvalue weighted by Crippen LogP contribution is -2.38. The van der Waals surface area contributed by atoms with E-state index in [1.165, 1.54) is 17.9 Å². The molecule has 0 amide bonds. The van der Waals surface area contributed by atoms with Crippen LogP contribution in [-0.2, 0) is 19.9 Å². The summed E-state index contributed by atoms with van der Waals surface area (Å²) in [5.74, 6) is -0.263. The second kappa shape index (κ2) is 8.67. The number of aliphatic hydroxyl groups is 1. The van der Waals surface area contributed by atoms with Crippen molar-refractivity contribution in [1.29, 1.82) is 0 Å². The van der Waals surface area contributed by atoms with Crippen molar-refractivity contribution in [3.63, 3.8) is 0 Å². The Morgan fingerprint density at radius 1 is 1.06 bits per heavy atom. The van der Waals surface area contributed by atoms with E-state index in [4.69, 9.17) is 14.2 Å². The van der Waals surface area contributed by atoms with E-state index < -0.39 is 23.3 Å². The van der Waals surface area contributed by atoms with E-state index in [1.54, 1.807) is 58.0 Å². The van der Waals surface area contributed by atoms with Crippen LogP contribution in [0.2, 0.25) is 0 Å². The SMILES string of the molecule is CCOC(=O)[C@@](O)(c1ccc(OC)cc1)c1cn(C(=O)OC(C)(C)C)c2cc(C)ccc12. The Bertz CT molecular complexity index is 1140. The molecule has 7 nitrogen and oxygen atoms in total. The average molecular weight is 440 g/mol. The highest BCUT2D eigenvalue weighted by Crippen LogP contribution is 2.38. The summed E-state index contributed by atoms with van der Waals surface area (Å²) in [6.07, 6.45) is 0.833. The van der Waals surface area contributed by atoms with Gasteiger partial charge in [0.1, 0.15) is 11.4 Å². The standard InChI is InChI=1S/C25H29NO6/c1-7-31-22(27)25(29,17-9-11-18(30-6)12-10-17)20-15-26(23(28)32-24(3,4)5)21-14-16(2)8-13-19(20)21/h8-15,29H,7H2,1-6H3/t25-/m1/s1. The number of benzene rings is 2. The lowest BCUT2D eigenvalue weighted by molar-refractivity contribution is -0.161. The number of ether oxygens (including phenoxy) is 3. The van der Waals surface area contributed by atoms with Crippen molar-refractivity contribution in [2.75, 3.05) is 13.7 Å². The zero-order valence-corrected chi connectivity index (χ0v) is 19.3. The molecule has 170 valence electrons. The van der Waals surface area contributed by atoms with E-state index in [0.717, 1.165) is 5.56 Å². The van der Waals surface area contributed by atoms with Crippen molar-refractivity contribution in [3.8, 4) is 5.75 Å². The normalized spacial score (nSPS) is 13.5. The highest BCUT2D eigenvalue weighted by molar-refractivity contribution is 5.98. The predicted octanol–water partition coefficient (Wildman–Crippen LogP) is 4.54. The van der Waals surface area contributed by atoms with Crippen molar-refractivity contribution in [1.82, 2.24) is 4.57 Å². The summed E-state index contributed by atoms with van der Waals surface area (Å²) in [6, 6.07) is 11.9. The van der Waals surface area contributed by atoms with Crippen LogP contribution in [0.1, 0.15) is 44.4 Å². The van der Waals surface area contributed by atoms with Crippen LogP contribution in [0.15, 0.2) is 48.7 Å². The van der Waals surface area contributed by atoms with Crippen molar-refractivity contribution in [3.05, 3.63) is 65.4 Å². The molecule has 1 aromatic heterocycles. The average Bonchev–Trinajstić information content (AvgIpc) is 3.11. The molecule has 7 heteroatoms. The molecule has 32 heavy (non-hydrogen) atoms.